The number of anilines is 1. The first kappa shape index (κ1) is 16.6. The van der Waals surface area contributed by atoms with Gasteiger partial charge in [0, 0.05) is 6.42 Å². The quantitative estimate of drug-likeness (QED) is 0.484. The monoisotopic (exact) mass is 360 g/mol. The molecule has 1 unspecified atom stereocenters. The predicted octanol–water partition coefficient (Wildman–Crippen LogP) is 4.51. The van der Waals surface area contributed by atoms with Crippen molar-refractivity contribution >= 4 is 40.6 Å². The molecule has 0 spiro atoms. The highest BCUT2D eigenvalue weighted by molar-refractivity contribution is 6.48. The van der Waals surface area contributed by atoms with E-state index in [2.05, 4.69) is 10.5 Å². The highest BCUT2D eigenvalue weighted by atomic mass is 35.5. The first-order chi connectivity index (χ1) is 11.6. The molecule has 2 aromatic rings. The molecule has 1 aliphatic rings. The Morgan fingerprint density at radius 3 is 2.25 bits per heavy atom. The number of carbonyl (C=O) groups is 1. The van der Waals surface area contributed by atoms with Gasteiger partial charge in [-0.1, -0.05) is 71.7 Å². The second kappa shape index (κ2) is 7.51. The van der Waals surface area contributed by atoms with Crippen LogP contribution in [0.2, 0.25) is 0 Å². The van der Waals surface area contributed by atoms with E-state index < -0.39 is 12.1 Å². The summed E-state index contributed by atoms with van der Waals surface area (Å²) in [6.07, 6.45) is -0.298. The summed E-state index contributed by atoms with van der Waals surface area (Å²) in [6.45, 7) is 0. The third-order valence-electron chi connectivity index (χ3n) is 3.50. The molecule has 4 nitrogen and oxygen atoms in total. The maximum absolute atomic E-state index is 11.5. The van der Waals surface area contributed by atoms with E-state index in [0.29, 0.717) is 12.1 Å². The first-order valence-corrected chi connectivity index (χ1v) is 8.10. The minimum atomic E-state index is -0.622. The van der Waals surface area contributed by atoms with Gasteiger partial charge in [0.05, 0.1) is 16.4 Å². The molecule has 1 aliphatic heterocycles. The van der Waals surface area contributed by atoms with Crippen molar-refractivity contribution in [1.29, 1.82) is 0 Å². The zero-order valence-corrected chi connectivity index (χ0v) is 14.1. The van der Waals surface area contributed by atoms with E-state index in [1.807, 2.05) is 60.7 Å². The van der Waals surface area contributed by atoms with E-state index >= 15 is 0 Å². The number of ether oxygens (including phenoxy) is 1. The molecule has 0 fully saturated rings. The van der Waals surface area contributed by atoms with Crippen LogP contribution in [0.15, 0.2) is 75.8 Å². The van der Waals surface area contributed by atoms with Gasteiger partial charge in [-0.25, -0.2) is 4.79 Å². The Labute approximate surface area is 149 Å². The molecule has 0 bridgehead atoms. The van der Waals surface area contributed by atoms with Gasteiger partial charge < -0.3 is 4.74 Å². The van der Waals surface area contributed by atoms with Gasteiger partial charge in [-0.3, -0.25) is 5.43 Å². The highest BCUT2D eigenvalue weighted by Gasteiger charge is 2.33. The predicted molar refractivity (Wildman–Crippen MR) is 96.3 cm³/mol. The number of carbonyl (C=O) groups excluding carboxylic acids is 1. The molecule has 3 rings (SSSR count). The Hall–Kier alpha value is -2.30. The Balaban J connectivity index is 1.85. The van der Waals surface area contributed by atoms with Crippen LogP contribution >= 0.6 is 23.2 Å². The van der Waals surface area contributed by atoms with Crippen molar-refractivity contribution in [3.8, 4) is 0 Å². The van der Waals surface area contributed by atoms with Crippen molar-refractivity contribution in [2.75, 3.05) is 5.43 Å². The van der Waals surface area contributed by atoms with E-state index in [-0.39, 0.29) is 10.1 Å². The number of hydrogen-bond donors (Lipinski definition) is 1. The molecular formula is C18H14Cl2N2O2. The number of nitrogens with one attached hydrogen (secondary N) is 1. The van der Waals surface area contributed by atoms with E-state index in [0.717, 1.165) is 11.3 Å². The van der Waals surface area contributed by atoms with Crippen molar-refractivity contribution in [1.82, 2.24) is 0 Å². The third-order valence-corrected chi connectivity index (χ3v) is 4.39. The van der Waals surface area contributed by atoms with Gasteiger partial charge >= 0.3 is 5.97 Å². The molecular weight excluding hydrogens is 347 g/mol. The zero-order chi connectivity index (χ0) is 16.9. The molecule has 1 heterocycles. The fourth-order valence-electron chi connectivity index (χ4n) is 2.28. The van der Waals surface area contributed by atoms with E-state index in [4.69, 9.17) is 27.9 Å². The minimum Gasteiger partial charge on any atom is -0.452 e. The van der Waals surface area contributed by atoms with Crippen molar-refractivity contribution in [3.05, 3.63) is 76.3 Å². The Bertz CT molecular complexity index is 789. The van der Waals surface area contributed by atoms with E-state index in [1.54, 1.807) is 0 Å². The Morgan fingerprint density at radius 1 is 1.04 bits per heavy atom. The number of rotatable bonds is 5. The normalized spacial score (nSPS) is 17.8. The maximum atomic E-state index is 11.5. The van der Waals surface area contributed by atoms with Crippen LogP contribution < -0.4 is 5.43 Å². The molecule has 0 aromatic heterocycles. The van der Waals surface area contributed by atoms with E-state index in [9.17, 15) is 4.79 Å². The highest BCUT2D eigenvalue weighted by Crippen LogP contribution is 2.31. The fraction of sp³-hybridized carbons (Fsp3) is 0.111. The smallest absolute Gasteiger partial charge is 0.351 e. The summed E-state index contributed by atoms with van der Waals surface area (Å²) in [5.41, 5.74) is 5.48. The van der Waals surface area contributed by atoms with Crippen LogP contribution in [-0.2, 0) is 9.53 Å². The molecule has 0 radical (unpaired) electrons. The minimum absolute atomic E-state index is 0.0647. The molecule has 0 saturated heterocycles. The first-order valence-electron chi connectivity index (χ1n) is 7.34. The summed E-state index contributed by atoms with van der Waals surface area (Å²) in [4.78, 5) is 11.5. The number of hydrogen-bond acceptors (Lipinski definition) is 4. The number of cyclic esters (lactones) is 1. The molecule has 6 heteroatoms. The van der Waals surface area contributed by atoms with Gasteiger partial charge in [-0.15, -0.1) is 0 Å². The number of benzene rings is 2. The maximum Gasteiger partial charge on any atom is 0.351 e. The lowest BCUT2D eigenvalue weighted by Crippen LogP contribution is -2.17. The van der Waals surface area contributed by atoms with Crippen LogP contribution in [0, 0.1) is 0 Å². The van der Waals surface area contributed by atoms with Gasteiger partial charge in [0.25, 0.3) is 0 Å². The third kappa shape index (κ3) is 3.78. The number of halogens is 2. The standard InChI is InChI=1S/C18H14Cl2N2O2/c19-16-15(24-18(23)17(16)20)11-14(12-7-3-1-4-8-12)22-21-13-9-5-2-6-10-13/h1-10,15,21H,11H2/b22-14+. The van der Waals surface area contributed by atoms with Gasteiger partial charge in [-0.05, 0) is 17.7 Å². The molecule has 0 saturated carbocycles. The SMILES string of the molecule is O=C1OC(C/C(=N\Nc2ccccc2)c2ccccc2)C(Cl)=C1Cl. The Kier molecular flexibility index (Phi) is 5.18. The van der Waals surface area contributed by atoms with Crippen LogP contribution in [0.3, 0.4) is 0 Å². The van der Waals surface area contributed by atoms with Crippen molar-refractivity contribution in [2.45, 2.75) is 12.5 Å². The average Bonchev–Trinajstić information content (AvgIpc) is 2.87. The largest absolute Gasteiger partial charge is 0.452 e. The lowest BCUT2D eigenvalue weighted by atomic mass is 10.0. The van der Waals surface area contributed by atoms with Crippen molar-refractivity contribution in [3.63, 3.8) is 0 Å². The number of esters is 1. The topological polar surface area (TPSA) is 50.7 Å². The lowest BCUT2D eigenvalue weighted by Gasteiger charge is -2.13. The Morgan fingerprint density at radius 2 is 1.67 bits per heavy atom. The van der Waals surface area contributed by atoms with Crippen LogP contribution in [0.1, 0.15) is 12.0 Å². The van der Waals surface area contributed by atoms with Crippen LogP contribution in [-0.4, -0.2) is 17.8 Å². The molecule has 122 valence electrons. The van der Waals surface area contributed by atoms with Gasteiger partial charge in [0.15, 0.2) is 0 Å². The second-order valence-corrected chi connectivity index (χ2v) is 5.95. The average molecular weight is 361 g/mol. The number of nitrogens with zero attached hydrogens (tertiary/aromatic N) is 1. The summed E-state index contributed by atoms with van der Waals surface area (Å²) in [5, 5.41) is 4.61. The molecule has 24 heavy (non-hydrogen) atoms. The van der Waals surface area contributed by atoms with Gasteiger partial charge in [0.1, 0.15) is 11.1 Å². The number of para-hydroxylation sites is 1. The van der Waals surface area contributed by atoms with Crippen molar-refractivity contribution < 1.29 is 9.53 Å². The molecule has 0 aliphatic carbocycles. The summed E-state index contributed by atoms with van der Waals surface area (Å²) in [5.74, 6) is -0.602. The second-order valence-electron chi connectivity index (χ2n) is 5.16. The van der Waals surface area contributed by atoms with E-state index in [1.165, 1.54) is 0 Å². The summed E-state index contributed by atoms with van der Waals surface area (Å²) in [7, 11) is 0. The summed E-state index contributed by atoms with van der Waals surface area (Å²) in [6, 6.07) is 19.2. The van der Waals surface area contributed by atoms with Crippen molar-refractivity contribution in [2.24, 2.45) is 5.10 Å². The van der Waals surface area contributed by atoms with Crippen LogP contribution in [0.4, 0.5) is 5.69 Å². The fourth-order valence-corrected chi connectivity index (χ4v) is 2.65. The van der Waals surface area contributed by atoms with Crippen LogP contribution in [0.5, 0.6) is 0 Å². The number of hydrazone groups is 1. The molecule has 1 atom stereocenters. The lowest BCUT2D eigenvalue weighted by molar-refractivity contribution is -0.138. The molecule has 0 amide bonds. The van der Waals surface area contributed by atoms with Crippen LogP contribution in [0.25, 0.3) is 0 Å². The van der Waals surface area contributed by atoms with Gasteiger partial charge in [-0.2, -0.15) is 5.10 Å². The molecule has 1 N–H and O–H groups in total. The summed E-state index contributed by atoms with van der Waals surface area (Å²) < 4.78 is 5.20. The zero-order valence-electron chi connectivity index (χ0n) is 12.6. The van der Waals surface area contributed by atoms with Gasteiger partial charge in [0.2, 0.25) is 0 Å². The summed E-state index contributed by atoms with van der Waals surface area (Å²) >= 11 is 11.9. The molecule has 2 aromatic carbocycles.